The molecule has 0 fully saturated rings. The molecule has 1 rings (SSSR count). The van der Waals surface area contributed by atoms with Crippen LogP contribution in [0.25, 0.3) is 0 Å². The molecular weight excluding hydrogens is 252 g/mol. The first-order chi connectivity index (χ1) is 9.02. The first kappa shape index (κ1) is 16.1. The van der Waals surface area contributed by atoms with E-state index in [1.165, 1.54) is 5.56 Å². The predicted molar refractivity (Wildman–Crippen MR) is 83.3 cm³/mol. The lowest BCUT2D eigenvalue weighted by Gasteiger charge is -2.10. The summed E-state index contributed by atoms with van der Waals surface area (Å²) >= 11 is 1.77. The average Bonchev–Trinajstić information content (AvgIpc) is 2.36. The highest BCUT2D eigenvalue weighted by Gasteiger charge is 2.05. The van der Waals surface area contributed by atoms with Gasteiger partial charge in [-0.05, 0) is 36.1 Å². The largest absolute Gasteiger partial charge is 0.312 e. The van der Waals surface area contributed by atoms with Gasteiger partial charge in [0.1, 0.15) is 6.07 Å². The molecule has 1 N–H and O–H groups in total. The average molecular weight is 276 g/mol. The number of benzene rings is 1. The molecule has 0 radical (unpaired) electrons. The van der Waals surface area contributed by atoms with E-state index in [0.717, 1.165) is 29.3 Å². The number of nitrogens with zero attached hydrogens (tertiary/aromatic N) is 1. The van der Waals surface area contributed by atoms with Gasteiger partial charge in [0.05, 0.1) is 5.56 Å². The number of nitriles is 1. The van der Waals surface area contributed by atoms with Crippen molar-refractivity contribution >= 4 is 11.8 Å². The highest BCUT2D eigenvalue weighted by atomic mass is 32.2. The Morgan fingerprint density at radius 2 is 1.95 bits per heavy atom. The van der Waals surface area contributed by atoms with E-state index in [9.17, 15) is 5.26 Å². The predicted octanol–water partition coefficient (Wildman–Crippen LogP) is 4.05. The second-order valence-corrected chi connectivity index (χ2v) is 6.73. The van der Waals surface area contributed by atoms with E-state index >= 15 is 0 Å². The molecule has 0 aliphatic heterocycles. The van der Waals surface area contributed by atoms with Gasteiger partial charge in [-0.1, -0.05) is 33.8 Å². The molecule has 0 saturated heterocycles. The summed E-state index contributed by atoms with van der Waals surface area (Å²) in [5.41, 5.74) is 1.99. The van der Waals surface area contributed by atoms with Gasteiger partial charge in [0, 0.05) is 17.2 Å². The molecule has 3 heteroatoms. The minimum Gasteiger partial charge on any atom is -0.312 e. The first-order valence-corrected chi connectivity index (χ1v) is 7.88. The van der Waals surface area contributed by atoms with Gasteiger partial charge in [0.25, 0.3) is 0 Å². The molecule has 0 heterocycles. The molecule has 19 heavy (non-hydrogen) atoms. The number of thioether (sulfide) groups is 1. The van der Waals surface area contributed by atoms with Crippen molar-refractivity contribution in [2.45, 2.75) is 39.1 Å². The Balaban J connectivity index is 2.65. The molecule has 2 nitrogen and oxygen atoms in total. The molecule has 0 aliphatic rings. The Morgan fingerprint density at radius 3 is 2.53 bits per heavy atom. The van der Waals surface area contributed by atoms with E-state index in [1.54, 1.807) is 11.8 Å². The fourth-order valence-corrected chi connectivity index (χ4v) is 2.60. The number of nitrogens with one attached hydrogen (secondary N) is 1. The van der Waals surface area contributed by atoms with Crippen molar-refractivity contribution in [1.29, 1.82) is 5.26 Å². The lowest BCUT2D eigenvalue weighted by molar-refractivity contribution is 0.552. The molecule has 0 atom stereocenters. The van der Waals surface area contributed by atoms with Crippen LogP contribution in [-0.2, 0) is 6.54 Å². The van der Waals surface area contributed by atoms with Crippen molar-refractivity contribution in [2.75, 3.05) is 12.3 Å². The van der Waals surface area contributed by atoms with Crippen LogP contribution in [0, 0.1) is 23.2 Å². The topological polar surface area (TPSA) is 35.8 Å². The lowest BCUT2D eigenvalue weighted by atomic mass is 10.1. The number of hydrogen-bond donors (Lipinski definition) is 1. The highest BCUT2D eigenvalue weighted by molar-refractivity contribution is 7.99. The van der Waals surface area contributed by atoms with Crippen LogP contribution in [-0.4, -0.2) is 12.3 Å². The van der Waals surface area contributed by atoms with Crippen LogP contribution in [0.1, 0.15) is 38.8 Å². The van der Waals surface area contributed by atoms with Crippen molar-refractivity contribution in [3.63, 3.8) is 0 Å². The minimum absolute atomic E-state index is 0.643. The molecule has 0 amide bonds. The maximum Gasteiger partial charge on any atom is 0.100 e. The smallest absolute Gasteiger partial charge is 0.100 e. The summed E-state index contributed by atoms with van der Waals surface area (Å²) in [5, 5.41) is 12.6. The van der Waals surface area contributed by atoms with Crippen molar-refractivity contribution in [1.82, 2.24) is 5.32 Å². The van der Waals surface area contributed by atoms with Crippen molar-refractivity contribution in [3.8, 4) is 6.07 Å². The molecule has 0 saturated carbocycles. The maximum absolute atomic E-state index is 9.24. The second kappa shape index (κ2) is 8.24. The van der Waals surface area contributed by atoms with Gasteiger partial charge in [0.15, 0.2) is 0 Å². The van der Waals surface area contributed by atoms with E-state index < -0.39 is 0 Å². The van der Waals surface area contributed by atoms with Gasteiger partial charge in [-0.25, -0.2) is 0 Å². The molecular formula is C16H24N2S. The van der Waals surface area contributed by atoms with Gasteiger partial charge < -0.3 is 5.32 Å². The van der Waals surface area contributed by atoms with Gasteiger partial charge in [0.2, 0.25) is 0 Å². The summed E-state index contributed by atoms with van der Waals surface area (Å²) in [6.45, 7) is 10.6. The number of rotatable bonds is 7. The third-order valence-corrected chi connectivity index (χ3v) is 4.12. The van der Waals surface area contributed by atoms with E-state index in [-0.39, 0.29) is 0 Å². The van der Waals surface area contributed by atoms with Crippen LogP contribution >= 0.6 is 11.8 Å². The standard InChI is InChI=1S/C16H24N2S/c1-12(2)9-18-10-14-5-6-16(15(7-14)8-17)19-11-13(3)4/h5-7,12-13,18H,9-11H2,1-4H3. The van der Waals surface area contributed by atoms with Gasteiger partial charge in [-0.3, -0.25) is 0 Å². The van der Waals surface area contributed by atoms with Gasteiger partial charge in [-0.2, -0.15) is 5.26 Å². The Kier molecular flexibility index (Phi) is 6.97. The molecule has 0 unspecified atom stereocenters. The van der Waals surface area contributed by atoms with Crippen LogP contribution < -0.4 is 5.32 Å². The summed E-state index contributed by atoms with van der Waals surface area (Å²) in [4.78, 5) is 1.10. The third-order valence-electron chi connectivity index (χ3n) is 2.62. The van der Waals surface area contributed by atoms with Crippen molar-refractivity contribution in [2.24, 2.45) is 11.8 Å². The molecule has 1 aromatic carbocycles. The van der Waals surface area contributed by atoms with E-state index in [4.69, 9.17) is 0 Å². The van der Waals surface area contributed by atoms with Crippen LogP contribution in [0.3, 0.4) is 0 Å². The SMILES string of the molecule is CC(C)CNCc1ccc(SCC(C)C)c(C#N)c1. The maximum atomic E-state index is 9.24. The lowest BCUT2D eigenvalue weighted by Crippen LogP contribution is -2.18. The molecule has 104 valence electrons. The zero-order chi connectivity index (χ0) is 14.3. The molecule has 0 bridgehead atoms. The van der Waals surface area contributed by atoms with Crippen molar-refractivity contribution in [3.05, 3.63) is 29.3 Å². The van der Waals surface area contributed by atoms with Crippen LogP contribution in [0.2, 0.25) is 0 Å². The zero-order valence-electron chi connectivity index (χ0n) is 12.4. The summed E-state index contributed by atoms with van der Waals surface area (Å²) in [5.74, 6) is 2.35. The summed E-state index contributed by atoms with van der Waals surface area (Å²) in [6, 6.07) is 8.52. The fraction of sp³-hybridized carbons (Fsp3) is 0.562. The van der Waals surface area contributed by atoms with E-state index in [0.29, 0.717) is 11.8 Å². The summed E-state index contributed by atoms with van der Waals surface area (Å²) in [6.07, 6.45) is 0. The van der Waals surface area contributed by atoms with Gasteiger partial charge >= 0.3 is 0 Å². The van der Waals surface area contributed by atoms with Crippen LogP contribution in [0.5, 0.6) is 0 Å². The van der Waals surface area contributed by atoms with Crippen LogP contribution in [0.15, 0.2) is 23.1 Å². The van der Waals surface area contributed by atoms with E-state index in [1.807, 2.05) is 6.07 Å². The molecule has 0 aliphatic carbocycles. The molecule has 0 spiro atoms. The Hall–Kier alpha value is -0.980. The molecule has 0 aromatic heterocycles. The Bertz CT molecular complexity index is 433. The van der Waals surface area contributed by atoms with Crippen molar-refractivity contribution < 1.29 is 0 Å². The van der Waals surface area contributed by atoms with Gasteiger partial charge in [-0.15, -0.1) is 11.8 Å². The fourth-order valence-electron chi connectivity index (χ4n) is 1.66. The first-order valence-electron chi connectivity index (χ1n) is 6.89. The van der Waals surface area contributed by atoms with Crippen LogP contribution in [0.4, 0.5) is 0 Å². The Labute approximate surface area is 121 Å². The zero-order valence-corrected chi connectivity index (χ0v) is 13.2. The molecule has 1 aromatic rings. The quantitative estimate of drug-likeness (QED) is 0.763. The minimum atomic E-state index is 0.643. The highest BCUT2D eigenvalue weighted by Crippen LogP contribution is 2.25. The summed E-state index contributed by atoms with van der Waals surface area (Å²) in [7, 11) is 0. The number of hydrogen-bond acceptors (Lipinski definition) is 3. The second-order valence-electron chi connectivity index (χ2n) is 5.67. The summed E-state index contributed by atoms with van der Waals surface area (Å²) < 4.78 is 0. The van der Waals surface area contributed by atoms with E-state index in [2.05, 4.69) is 51.2 Å². The third kappa shape index (κ3) is 6.13. The Morgan fingerprint density at radius 1 is 1.21 bits per heavy atom. The monoisotopic (exact) mass is 276 g/mol. The normalized spacial score (nSPS) is 11.0.